The Hall–Kier alpha value is -2.48. The maximum absolute atomic E-state index is 12.4. The first kappa shape index (κ1) is 19.3. The second-order valence-electron chi connectivity index (χ2n) is 6.84. The van der Waals surface area contributed by atoms with Gasteiger partial charge in [-0.05, 0) is 60.0 Å². The lowest BCUT2D eigenvalue weighted by Gasteiger charge is -2.17. The molecule has 1 amide bonds. The number of carbonyl (C=O) groups is 1. The molecule has 142 valence electrons. The lowest BCUT2D eigenvalue weighted by Crippen LogP contribution is -2.36. The Kier molecular flexibility index (Phi) is 5.46. The Labute approximate surface area is 166 Å². The van der Waals surface area contributed by atoms with Crippen LogP contribution in [-0.4, -0.2) is 31.9 Å². The van der Waals surface area contributed by atoms with Crippen LogP contribution >= 0.6 is 15.9 Å². The second kappa shape index (κ2) is 7.64. The van der Waals surface area contributed by atoms with Crippen molar-refractivity contribution >= 4 is 21.8 Å². The highest BCUT2D eigenvalue weighted by Crippen LogP contribution is 2.30. The summed E-state index contributed by atoms with van der Waals surface area (Å²) in [6, 6.07) is 7.43. The number of nitrogens with zero attached hydrogens (tertiary/aromatic N) is 4. The third-order valence-electron chi connectivity index (χ3n) is 4.50. The molecular formula is C19H22BrN5O2. The third-order valence-corrected chi connectivity index (χ3v) is 5.45. The molecule has 0 bridgehead atoms. The third kappa shape index (κ3) is 3.95. The zero-order chi connectivity index (χ0) is 19.7. The van der Waals surface area contributed by atoms with E-state index in [1.165, 1.54) is 0 Å². The van der Waals surface area contributed by atoms with Crippen molar-refractivity contribution in [3.8, 4) is 17.3 Å². The Balaban J connectivity index is 1.86. The molecule has 0 aliphatic heterocycles. The van der Waals surface area contributed by atoms with Gasteiger partial charge in [-0.25, -0.2) is 4.68 Å². The molecule has 1 N–H and O–H groups in total. The summed E-state index contributed by atoms with van der Waals surface area (Å²) < 4.78 is 8.05. The van der Waals surface area contributed by atoms with Crippen molar-refractivity contribution in [1.82, 2.24) is 25.3 Å². The first-order valence-electron chi connectivity index (χ1n) is 8.74. The van der Waals surface area contributed by atoms with Crippen molar-refractivity contribution in [1.29, 1.82) is 0 Å². The Morgan fingerprint density at radius 1 is 1.15 bits per heavy atom. The number of carbonyl (C=O) groups excluding carboxylic acids is 1. The van der Waals surface area contributed by atoms with E-state index in [1.54, 1.807) is 23.7 Å². The van der Waals surface area contributed by atoms with Crippen LogP contribution in [0.3, 0.4) is 0 Å². The number of hydrogen-bond donors (Lipinski definition) is 1. The van der Waals surface area contributed by atoms with Crippen LogP contribution in [0.15, 0.2) is 33.2 Å². The SMILES string of the molecule is Cc1nnc(-c2nn(-c3ccc(C(=O)N[C@@H](C)C(C)C)cc3)c(C)c2Br)o1. The van der Waals surface area contributed by atoms with Gasteiger partial charge in [0.05, 0.1) is 15.9 Å². The molecule has 27 heavy (non-hydrogen) atoms. The van der Waals surface area contributed by atoms with Gasteiger partial charge in [0.25, 0.3) is 11.8 Å². The lowest BCUT2D eigenvalue weighted by atomic mass is 10.1. The number of aromatic nitrogens is 4. The second-order valence-corrected chi connectivity index (χ2v) is 7.63. The summed E-state index contributed by atoms with van der Waals surface area (Å²) in [6.45, 7) is 9.83. The van der Waals surface area contributed by atoms with E-state index in [0.717, 1.165) is 15.9 Å². The van der Waals surface area contributed by atoms with E-state index >= 15 is 0 Å². The minimum absolute atomic E-state index is 0.0804. The van der Waals surface area contributed by atoms with Gasteiger partial charge in [0.1, 0.15) is 0 Å². The van der Waals surface area contributed by atoms with Gasteiger partial charge >= 0.3 is 0 Å². The van der Waals surface area contributed by atoms with Crippen LogP contribution < -0.4 is 5.32 Å². The number of aryl methyl sites for hydroxylation is 1. The van der Waals surface area contributed by atoms with E-state index in [-0.39, 0.29) is 11.9 Å². The van der Waals surface area contributed by atoms with Gasteiger partial charge in [0.15, 0.2) is 5.69 Å². The van der Waals surface area contributed by atoms with E-state index in [1.807, 2.05) is 26.0 Å². The number of rotatable bonds is 5. The van der Waals surface area contributed by atoms with Crippen molar-refractivity contribution in [2.75, 3.05) is 0 Å². The van der Waals surface area contributed by atoms with Crippen molar-refractivity contribution in [3.63, 3.8) is 0 Å². The Morgan fingerprint density at radius 2 is 1.81 bits per heavy atom. The molecule has 1 atom stereocenters. The standard InChI is InChI=1S/C19H22BrN5O2/c1-10(2)11(3)21-18(26)14-6-8-15(9-7-14)25-12(4)16(20)17(24-25)19-23-22-13(5)27-19/h6-11H,1-5H3,(H,21,26)/t11-/m0/s1. The number of amides is 1. The summed E-state index contributed by atoms with van der Waals surface area (Å²) in [5, 5.41) is 15.5. The van der Waals surface area contributed by atoms with Crippen molar-refractivity contribution in [2.24, 2.45) is 5.92 Å². The molecule has 0 saturated heterocycles. The molecule has 0 spiro atoms. The molecule has 0 aliphatic carbocycles. The van der Waals surface area contributed by atoms with E-state index in [4.69, 9.17) is 4.42 Å². The summed E-state index contributed by atoms with van der Waals surface area (Å²) in [4.78, 5) is 12.4. The summed E-state index contributed by atoms with van der Waals surface area (Å²) in [5.41, 5.74) is 2.93. The molecule has 0 aliphatic rings. The van der Waals surface area contributed by atoms with Crippen LogP contribution in [0.2, 0.25) is 0 Å². The quantitative estimate of drug-likeness (QED) is 0.657. The van der Waals surface area contributed by atoms with Crippen LogP contribution in [0.25, 0.3) is 17.3 Å². The largest absolute Gasteiger partial charge is 0.420 e. The van der Waals surface area contributed by atoms with E-state index in [2.05, 4.69) is 50.4 Å². The van der Waals surface area contributed by atoms with Crippen LogP contribution in [0.4, 0.5) is 0 Å². The smallest absolute Gasteiger partial charge is 0.269 e. The monoisotopic (exact) mass is 431 g/mol. The number of nitrogens with one attached hydrogen (secondary N) is 1. The fourth-order valence-corrected chi connectivity index (χ4v) is 2.89. The first-order valence-corrected chi connectivity index (χ1v) is 9.54. The molecule has 0 fully saturated rings. The zero-order valence-corrected chi connectivity index (χ0v) is 17.5. The predicted molar refractivity (Wildman–Crippen MR) is 106 cm³/mol. The zero-order valence-electron chi connectivity index (χ0n) is 15.9. The topological polar surface area (TPSA) is 85.8 Å². The Bertz CT molecular complexity index is 959. The summed E-state index contributed by atoms with van der Waals surface area (Å²) in [5.74, 6) is 1.14. The number of hydrogen-bond acceptors (Lipinski definition) is 5. The van der Waals surface area contributed by atoms with Gasteiger partial charge in [-0.1, -0.05) is 13.8 Å². The van der Waals surface area contributed by atoms with E-state index in [9.17, 15) is 4.79 Å². The van der Waals surface area contributed by atoms with Gasteiger partial charge in [-0.2, -0.15) is 5.10 Å². The Morgan fingerprint density at radius 3 is 2.37 bits per heavy atom. The molecule has 0 saturated carbocycles. The van der Waals surface area contributed by atoms with Gasteiger partial charge in [-0.15, -0.1) is 10.2 Å². The fourth-order valence-electron chi connectivity index (χ4n) is 2.47. The summed E-state index contributed by atoms with van der Waals surface area (Å²) in [6.07, 6.45) is 0. The van der Waals surface area contributed by atoms with Crippen molar-refractivity contribution in [2.45, 2.75) is 40.7 Å². The molecule has 2 heterocycles. The first-order chi connectivity index (χ1) is 12.8. The average Bonchev–Trinajstić information content (AvgIpc) is 3.19. The maximum Gasteiger partial charge on any atom is 0.269 e. The van der Waals surface area contributed by atoms with Gasteiger partial charge in [0, 0.05) is 18.5 Å². The van der Waals surface area contributed by atoms with Crippen LogP contribution in [0.1, 0.15) is 42.7 Å². The maximum atomic E-state index is 12.4. The normalized spacial score (nSPS) is 12.4. The minimum atomic E-state index is -0.0804. The molecule has 8 heteroatoms. The van der Waals surface area contributed by atoms with Crippen molar-refractivity contribution in [3.05, 3.63) is 45.9 Å². The van der Waals surface area contributed by atoms with Gasteiger partial charge in [0.2, 0.25) is 5.89 Å². The average molecular weight is 432 g/mol. The van der Waals surface area contributed by atoms with Crippen LogP contribution in [-0.2, 0) is 0 Å². The molecule has 2 aromatic heterocycles. The van der Waals surface area contributed by atoms with E-state index < -0.39 is 0 Å². The van der Waals surface area contributed by atoms with Gasteiger partial charge < -0.3 is 9.73 Å². The highest BCUT2D eigenvalue weighted by molar-refractivity contribution is 9.10. The van der Waals surface area contributed by atoms with E-state index in [0.29, 0.717) is 29.0 Å². The molecular weight excluding hydrogens is 410 g/mol. The molecule has 7 nitrogen and oxygen atoms in total. The number of benzene rings is 1. The van der Waals surface area contributed by atoms with Crippen LogP contribution in [0, 0.1) is 19.8 Å². The fraction of sp³-hybridized carbons (Fsp3) is 0.368. The van der Waals surface area contributed by atoms with Crippen LogP contribution in [0.5, 0.6) is 0 Å². The van der Waals surface area contributed by atoms with Gasteiger partial charge in [-0.3, -0.25) is 4.79 Å². The van der Waals surface area contributed by atoms with Crippen molar-refractivity contribution < 1.29 is 9.21 Å². The lowest BCUT2D eigenvalue weighted by molar-refractivity contribution is 0.0930. The summed E-state index contributed by atoms with van der Waals surface area (Å²) in [7, 11) is 0. The number of halogens is 1. The summed E-state index contributed by atoms with van der Waals surface area (Å²) >= 11 is 3.55. The highest BCUT2D eigenvalue weighted by atomic mass is 79.9. The molecule has 0 unspecified atom stereocenters. The molecule has 1 aromatic carbocycles. The molecule has 0 radical (unpaired) electrons. The molecule has 3 aromatic rings. The predicted octanol–water partition coefficient (Wildman–Crippen LogP) is 4.08. The minimum Gasteiger partial charge on any atom is -0.420 e. The molecule has 3 rings (SSSR count). The highest BCUT2D eigenvalue weighted by Gasteiger charge is 2.20.